The van der Waals surface area contributed by atoms with E-state index in [-0.39, 0.29) is 11.3 Å². The number of amides is 1. The molecule has 1 unspecified atom stereocenters. The summed E-state index contributed by atoms with van der Waals surface area (Å²) in [7, 11) is 0. The first-order valence-electron chi connectivity index (χ1n) is 9.09. The molecule has 3 fully saturated rings. The van der Waals surface area contributed by atoms with E-state index in [9.17, 15) is 9.90 Å². The maximum Gasteiger partial charge on any atom is 0.239 e. The van der Waals surface area contributed by atoms with Gasteiger partial charge in [-0.25, -0.2) is 5.01 Å². The van der Waals surface area contributed by atoms with Gasteiger partial charge in [-0.1, -0.05) is 18.9 Å². The molecular weight excluding hydrogens is 288 g/mol. The van der Waals surface area contributed by atoms with Crippen molar-refractivity contribution in [3.63, 3.8) is 0 Å². The molecular formula is C19H24N2O2. The van der Waals surface area contributed by atoms with E-state index in [1.54, 1.807) is 6.07 Å². The summed E-state index contributed by atoms with van der Waals surface area (Å²) < 4.78 is 0. The number of fused-ring (bicyclic) bond motifs is 1. The highest BCUT2D eigenvalue weighted by Crippen LogP contribution is 2.53. The van der Waals surface area contributed by atoms with Crippen molar-refractivity contribution in [1.29, 1.82) is 0 Å². The SMILES string of the molecule is O=C(C1CC1)N1CC[C@]23CCCC[C@H]2N1Cc1ccc(O)cc13. The Hall–Kier alpha value is -1.55. The molecule has 122 valence electrons. The molecule has 2 saturated carbocycles. The van der Waals surface area contributed by atoms with E-state index in [1.807, 2.05) is 6.07 Å². The van der Waals surface area contributed by atoms with Crippen LogP contribution < -0.4 is 0 Å². The molecule has 1 amide bonds. The van der Waals surface area contributed by atoms with Crippen molar-refractivity contribution in [2.24, 2.45) is 5.92 Å². The van der Waals surface area contributed by atoms with E-state index in [1.165, 1.54) is 36.8 Å². The number of phenols is 1. The molecule has 2 bridgehead atoms. The summed E-state index contributed by atoms with van der Waals surface area (Å²) in [6.45, 7) is 1.67. The number of nitrogens with zero attached hydrogens (tertiary/aromatic N) is 2. The lowest BCUT2D eigenvalue weighted by molar-refractivity contribution is -0.180. The van der Waals surface area contributed by atoms with Crippen LogP contribution in [0.15, 0.2) is 18.2 Å². The number of benzene rings is 1. The second-order valence-electron chi connectivity index (χ2n) is 7.84. The largest absolute Gasteiger partial charge is 0.508 e. The third-order valence-electron chi connectivity index (χ3n) is 6.57. The van der Waals surface area contributed by atoms with Crippen molar-refractivity contribution in [2.75, 3.05) is 6.54 Å². The zero-order valence-corrected chi connectivity index (χ0v) is 13.5. The molecule has 2 heterocycles. The fourth-order valence-corrected chi connectivity index (χ4v) is 5.31. The lowest BCUT2D eigenvalue weighted by Crippen LogP contribution is -2.67. The number of hydrogen-bond donors (Lipinski definition) is 1. The zero-order chi connectivity index (χ0) is 15.6. The smallest absolute Gasteiger partial charge is 0.239 e. The molecule has 4 nitrogen and oxygen atoms in total. The van der Waals surface area contributed by atoms with Crippen molar-refractivity contribution in [3.8, 4) is 5.75 Å². The van der Waals surface area contributed by atoms with Crippen LogP contribution in [-0.2, 0) is 16.8 Å². The summed E-state index contributed by atoms with van der Waals surface area (Å²) in [6.07, 6.45) is 8.06. The fraction of sp³-hybridized carbons (Fsp3) is 0.632. The minimum Gasteiger partial charge on any atom is -0.508 e. The summed E-state index contributed by atoms with van der Waals surface area (Å²) in [5.74, 6) is 1.02. The lowest BCUT2D eigenvalue weighted by atomic mass is 9.60. The van der Waals surface area contributed by atoms with Gasteiger partial charge in [0.2, 0.25) is 5.91 Å². The van der Waals surface area contributed by atoms with Gasteiger partial charge in [0.25, 0.3) is 0 Å². The first-order chi connectivity index (χ1) is 11.2. The van der Waals surface area contributed by atoms with E-state index in [4.69, 9.17) is 0 Å². The highest BCUT2D eigenvalue weighted by molar-refractivity contribution is 5.81. The molecule has 23 heavy (non-hydrogen) atoms. The molecule has 0 radical (unpaired) electrons. The third kappa shape index (κ3) is 1.90. The van der Waals surface area contributed by atoms with Gasteiger partial charge in [0.15, 0.2) is 0 Å². The summed E-state index contributed by atoms with van der Waals surface area (Å²) in [5.41, 5.74) is 2.80. The second kappa shape index (κ2) is 4.73. The summed E-state index contributed by atoms with van der Waals surface area (Å²) in [6, 6.07) is 6.29. The Bertz CT molecular complexity index is 669. The molecule has 4 aliphatic rings. The number of aromatic hydroxyl groups is 1. The minimum atomic E-state index is 0.144. The standard InChI is InChI=1S/C19H24N2O2/c22-15-7-6-14-12-21-17-3-1-2-8-19(17,16(14)11-15)9-10-20(21)18(23)13-4-5-13/h6-7,11,13,17,22H,1-5,8-10,12H2/t17-,19+/m1/s1. The molecule has 2 aliphatic heterocycles. The maximum absolute atomic E-state index is 12.7. The highest BCUT2D eigenvalue weighted by Gasteiger charge is 2.54. The molecule has 1 aromatic rings. The number of phenolic OH excluding ortho intramolecular Hbond substituents is 1. The summed E-state index contributed by atoms with van der Waals surface area (Å²) in [4.78, 5) is 12.7. The minimum absolute atomic E-state index is 0.144. The van der Waals surface area contributed by atoms with Crippen molar-refractivity contribution in [3.05, 3.63) is 29.3 Å². The molecule has 1 N–H and O–H groups in total. The van der Waals surface area contributed by atoms with Crippen LogP contribution >= 0.6 is 0 Å². The molecule has 3 atom stereocenters. The van der Waals surface area contributed by atoms with Gasteiger partial charge in [-0.05, 0) is 55.4 Å². The summed E-state index contributed by atoms with van der Waals surface area (Å²) >= 11 is 0. The Morgan fingerprint density at radius 3 is 2.87 bits per heavy atom. The Morgan fingerprint density at radius 2 is 2.04 bits per heavy atom. The maximum atomic E-state index is 12.7. The van der Waals surface area contributed by atoms with Crippen molar-refractivity contribution in [2.45, 2.75) is 62.9 Å². The van der Waals surface area contributed by atoms with Crippen molar-refractivity contribution >= 4 is 5.91 Å². The average Bonchev–Trinajstić information content (AvgIpc) is 3.40. The number of hydrazine groups is 1. The Morgan fingerprint density at radius 1 is 1.17 bits per heavy atom. The van der Waals surface area contributed by atoms with Gasteiger partial charge in [-0.2, -0.15) is 0 Å². The van der Waals surface area contributed by atoms with Gasteiger partial charge in [0.1, 0.15) is 5.75 Å². The third-order valence-corrected chi connectivity index (χ3v) is 6.57. The number of rotatable bonds is 1. The van der Waals surface area contributed by atoms with Gasteiger partial charge in [0, 0.05) is 30.5 Å². The van der Waals surface area contributed by atoms with E-state index >= 15 is 0 Å². The quantitative estimate of drug-likeness (QED) is 0.867. The van der Waals surface area contributed by atoms with Gasteiger partial charge in [-0.15, -0.1) is 0 Å². The molecule has 1 aromatic carbocycles. The first-order valence-corrected chi connectivity index (χ1v) is 9.09. The van der Waals surface area contributed by atoms with E-state index in [0.717, 1.165) is 32.4 Å². The first kappa shape index (κ1) is 13.8. The van der Waals surface area contributed by atoms with Crippen molar-refractivity contribution in [1.82, 2.24) is 10.0 Å². The van der Waals surface area contributed by atoms with Crippen LogP contribution in [0.1, 0.15) is 56.1 Å². The average molecular weight is 312 g/mol. The normalized spacial score (nSPS) is 35.4. The molecule has 2 aliphatic carbocycles. The van der Waals surface area contributed by atoms with Crippen LogP contribution in [0, 0.1) is 5.92 Å². The van der Waals surface area contributed by atoms with Crippen LogP contribution in [0.25, 0.3) is 0 Å². The monoisotopic (exact) mass is 312 g/mol. The van der Waals surface area contributed by atoms with Crippen LogP contribution in [0.5, 0.6) is 5.75 Å². The van der Waals surface area contributed by atoms with Crippen LogP contribution in [0.4, 0.5) is 0 Å². The van der Waals surface area contributed by atoms with E-state index in [0.29, 0.717) is 17.7 Å². The van der Waals surface area contributed by atoms with Crippen LogP contribution in [0.3, 0.4) is 0 Å². The molecule has 1 saturated heterocycles. The Kier molecular flexibility index (Phi) is 2.85. The number of carbonyl (C=O) groups is 1. The van der Waals surface area contributed by atoms with E-state index in [2.05, 4.69) is 16.1 Å². The zero-order valence-electron chi connectivity index (χ0n) is 13.5. The predicted octanol–water partition coefficient (Wildman–Crippen LogP) is 2.95. The fourth-order valence-electron chi connectivity index (χ4n) is 5.31. The van der Waals surface area contributed by atoms with Gasteiger partial charge in [-0.3, -0.25) is 9.80 Å². The van der Waals surface area contributed by atoms with Gasteiger partial charge in [0.05, 0.1) is 0 Å². The molecule has 0 spiro atoms. The van der Waals surface area contributed by atoms with Crippen LogP contribution in [0.2, 0.25) is 0 Å². The van der Waals surface area contributed by atoms with Crippen molar-refractivity contribution < 1.29 is 9.90 Å². The molecule has 0 aromatic heterocycles. The number of hydrogen-bond acceptors (Lipinski definition) is 3. The lowest BCUT2D eigenvalue weighted by Gasteiger charge is -2.60. The second-order valence-corrected chi connectivity index (χ2v) is 7.84. The van der Waals surface area contributed by atoms with Crippen LogP contribution in [-0.4, -0.2) is 33.6 Å². The van der Waals surface area contributed by atoms with Gasteiger partial charge < -0.3 is 5.11 Å². The highest BCUT2D eigenvalue weighted by atomic mass is 16.3. The van der Waals surface area contributed by atoms with Gasteiger partial charge >= 0.3 is 0 Å². The topological polar surface area (TPSA) is 43.8 Å². The molecule has 4 heteroatoms. The van der Waals surface area contributed by atoms with E-state index < -0.39 is 0 Å². The molecule has 5 rings (SSSR count). The summed E-state index contributed by atoms with van der Waals surface area (Å²) in [5, 5.41) is 14.5. The number of carbonyl (C=O) groups excluding carboxylic acids is 1. The Balaban J connectivity index is 1.60. The Labute approximate surface area is 137 Å². The predicted molar refractivity (Wildman–Crippen MR) is 86.6 cm³/mol.